The van der Waals surface area contributed by atoms with Gasteiger partial charge in [-0.1, -0.05) is 43.3 Å². The van der Waals surface area contributed by atoms with E-state index in [1.807, 2.05) is 12.1 Å². The van der Waals surface area contributed by atoms with Crippen molar-refractivity contribution in [3.05, 3.63) is 41.1 Å². The zero-order valence-corrected chi connectivity index (χ0v) is 10.9. The van der Waals surface area contributed by atoms with Crippen molar-refractivity contribution in [3.63, 3.8) is 0 Å². The van der Waals surface area contributed by atoms with Crippen molar-refractivity contribution in [1.82, 2.24) is 5.16 Å². The minimum atomic E-state index is 0.534. The van der Waals surface area contributed by atoms with E-state index in [1.165, 1.54) is 5.56 Å². The van der Waals surface area contributed by atoms with Crippen LogP contribution >= 0.6 is 0 Å². The summed E-state index contributed by atoms with van der Waals surface area (Å²) in [5, 5.41) is 3.83. The summed E-state index contributed by atoms with van der Waals surface area (Å²) in [6.07, 6.45) is 1.91. The summed E-state index contributed by atoms with van der Waals surface area (Å²) in [6, 6.07) is 8.12. The van der Waals surface area contributed by atoms with E-state index in [0.717, 1.165) is 18.3 Å². The lowest BCUT2D eigenvalue weighted by Crippen LogP contribution is -1.91. The first-order valence-corrected chi connectivity index (χ1v) is 6.19. The number of benzene rings is 1. The molecule has 0 aliphatic carbocycles. The first-order chi connectivity index (χ1) is 8.67. The molecule has 94 valence electrons. The van der Waals surface area contributed by atoms with E-state index in [2.05, 4.69) is 31.1 Å². The van der Waals surface area contributed by atoms with E-state index >= 15 is 0 Å². The van der Waals surface area contributed by atoms with E-state index < -0.39 is 0 Å². The molecule has 0 spiro atoms. The minimum absolute atomic E-state index is 0.534. The summed E-state index contributed by atoms with van der Waals surface area (Å²) < 4.78 is 5.22. The van der Waals surface area contributed by atoms with Crippen LogP contribution in [0.4, 0.5) is 0 Å². The van der Waals surface area contributed by atoms with Crippen LogP contribution in [0.3, 0.4) is 0 Å². The highest BCUT2D eigenvalue weighted by Crippen LogP contribution is 2.27. The Balaban J connectivity index is 2.37. The van der Waals surface area contributed by atoms with Crippen LogP contribution in [0, 0.1) is 6.92 Å². The number of hydrogen-bond acceptors (Lipinski definition) is 3. The number of aryl methyl sites for hydroxylation is 1. The molecule has 0 radical (unpaired) electrons. The second kappa shape index (κ2) is 5.17. The number of carbonyl (C=O) groups excluding carboxylic acids is 1. The number of nitrogens with zero attached hydrogens (tertiary/aromatic N) is 1. The Morgan fingerprint density at radius 3 is 2.56 bits per heavy atom. The van der Waals surface area contributed by atoms with Gasteiger partial charge in [-0.3, -0.25) is 4.79 Å². The second-order valence-corrected chi connectivity index (χ2v) is 4.56. The Labute approximate surface area is 107 Å². The van der Waals surface area contributed by atoms with Crippen molar-refractivity contribution in [2.45, 2.75) is 33.1 Å². The van der Waals surface area contributed by atoms with Crippen LogP contribution in [0.1, 0.15) is 47.8 Å². The average Bonchev–Trinajstić information content (AvgIpc) is 2.79. The zero-order valence-electron chi connectivity index (χ0n) is 10.9. The average molecular weight is 243 g/mol. The predicted molar refractivity (Wildman–Crippen MR) is 70.8 cm³/mol. The Bertz CT molecular complexity index is 540. The van der Waals surface area contributed by atoms with Crippen molar-refractivity contribution < 1.29 is 9.32 Å². The third-order valence-corrected chi connectivity index (χ3v) is 3.38. The summed E-state index contributed by atoms with van der Waals surface area (Å²) in [4.78, 5) is 11.0. The van der Waals surface area contributed by atoms with Crippen LogP contribution < -0.4 is 0 Å². The van der Waals surface area contributed by atoms with Gasteiger partial charge in [-0.15, -0.1) is 0 Å². The Kier molecular flexibility index (Phi) is 3.60. The number of aromatic nitrogens is 1. The van der Waals surface area contributed by atoms with Gasteiger partial charge < -0.3 is 4.52 Å². The lowest BCUT2D eigenvalue weighted by atomic mass is 9.96. The quantitative estimate of drug-likeness (QED) is 0.763. The van der Waals surface area contributed by atoms with Gasteiger partial charge in [-0.05, 0) is 24.8 Å². The van der Waals surface area contributed by atoms with Crippen LogP contribution in [0.5, 0.6) is 0 Å². The molecule has 0 aliphatic heterocycles. The number of carbonyl (C=O) groups is 1. The van der Waals surface area contributed by atoms with Crippen LogP contribution in [-0.4, -0.2) is 11.4 Å². The fraction of sp³-hybridized carbons (Fsp3) is 0.333. The van der Waals surface area contributed by atoms with Gasteiger partial charge in [-0.25, -0.2) is 0 Å². The third-order valence-electron chi connectivity index (χ3n) is 3.38. The molecule has 0 bridgehead atoms. The number of hydrogen-bond donors (Lipinski definition) is 0. The molecule has 0 amide bonds. The highest BCUT2D eigenvalue weighted by molar-refractivity contribution is 5.86. The Morgan fingerprint density at radius 1 is 1.33 bits per heavy atom. The first-order valence-electron chi connectivity index (χ1n) is 6.19. The highest BCUT2D eigenvalue weighted by Gasteiger charge is 2.14. The standard InChI is InChI=1S/C15H17NO2/c1-4-10(2)12-5-7-13(8-6-12)15-14(9-17)11(3)16-18-15/h5-10H,4H2,1-3H3. The molecule has 3 nitrogen and oxygen atoms in total. The first kappa shape index (κ1) is 12.6. The van der Waals surface area contributed by atoms with Crippen molar-refractivity contribution >= 4 is 6.29 Å². The molecule has 3 heteroatoms. The zero-order chi connectivity index (χ0) is 13.1. The third kappa shape index (κ3) is 2.21. The van der Waals surface area contributed by atoms with E-state index in [-0.39, 0.29) is 0 Å². The van der Waals surface area contributed by atoms with E-state index in [4.69, 9.17) is 4.52 Å². The fourth-order valence-corrected chi connectivity index (χ4v) is 1.92. The molecule has 1 aromatic carbocycles. The van der Waals surface area contributed by atoms with Gasteiger partial charge in [0.2, 0.25) is 0 Å². The van der Waals surface area contributed by atoms with Crippen LogP contribution in [0.15, 0.2) is 28.8 Å². The van der Waals surface area contributed by atoms with Gasteiger partial charge in [-0.2, -0.15) is 0 Å². The normalized spacial score (nSPS) is 12.4. The Hall–Kier alpha value is -1.90. The maximum Gasteiger partial charge on any atom is 0.177 e. The molecule has 0 saturated heterocycles. The van der Waals surface area contributed by atoms with Crippen molar-refractivity contribution in [2.75, 3.05) is 0 Å². The largest absolute Gasteiger partial charge is 0.355 e. The van der Waals surface area contributed by atoms with Crippen molar-refractivity contribution in [3.8, 4) is 11.3 Å². The van der Waals surface area contributed by atoms with Gasteiger partial charge in [0.25, 0.3) is 0 Å². The predicted octanol–water partition coefficient (Wildman–Crippen LogP) is 3.98. The molecule has 0 N–H and O–H groups in total. The maximum absolute atomic E-state index is 11.0. The molecule has 1 heterocycles. The fourth-order valence-electron chi connectivity index (χ4n) is 1.92. The second-order valence-electron chi connectivity index (χ2n) is 4.56. The van der Waals surface area contributed by atoms with Gasteiger partial charge in [0.1, 0.15) is 0 Å². The molecule has 18 heavy (non-hydrogen) atoms. The lowest BCUT2D eigenvalue weighted by molar-refractivity contribution is 0.112. The molecule has 2 aromatic rings. The molecule has 1 unspecified atom stereocenters. The number of aldehydes is 1. The van der Waals surface area contributed by atoms with E-state index in [1.54, 1.807) is 6.92 Å². The molecular weight excluding hydrogens is 226 g/mol. The van der Waals surface area contributed by atoms with Crippen molar-refractivity contribution in [2.24, 2.45) is 0 Å². The van der Waals surface area contributed by atoms with Gasteiger partial charge in [0, 0.05) is 5.56 Å². The molecule has 0 fully saturated rings. The lowest BCUT2D eigenvalue weighted by Gasteiger charge is -2.08. The highest BCUT2D eigenvalue weighted by atomic mass is 16.5. The summed E-state index contributed by atoms with van der Waals surface area (Å²) >= 11 is 0. The van der Waals surface area contributed by atoms with E-state index in [0.29, 0.717) is 22.9 Å². The molecule has 1 aromatic heterocycles. The van der Waals surface area contributed by atoms with Gasteiger partial charge >= 0.3 is 0 Å². The summed E-state index contributed by atoms with van der Waals surface area (Å²) in [7, 11) is 0. The maximum atomic E-state index is 11.0. The molecule has 0 saturated carbocycles. The van der Waals surface area contributed by atoms with Crippen molar-refractivity contribution in [1.29, 1.82) is 0 Å². The van der Waals surface area contributed by atoms with Crippen LogP contribution in [-0.2, 0) is 0 Å². The summed E-state index contributed by atoms with van der Waals surface area (Å²) in [5.41, 5.74) is 3.35. The summed E-state index contributed by atoms with van der Waals surface area (Å²) in [5.74, 6) is 1.10. The monoisotopic (exact) mass is 243 g/mol. The Morgan fingerprint density at radius 2 is 2.00 bits per heavy atom. The van der Waals surface area contributed by atoms with E-state index in [9.17, 15) is 4.79 Å². The topological polar surface area (TPSA) is 43.1 Å². The molecular formula is C15H17NO2. The smallest absolute Gasteiger partial charge is 0.177 e. The van der Waals surface area contributed by atoms with Crippen LogP contribution in [0.2, 0.25) is 0 Å². The van der Waals surface area contributed by atoms with Crippen LogP contribution in [0.25, 0.3) is 11.3 Å². The molecule has 2 rings (SSSR count). The molecule has 0 aliphatic rings. The van der Waals surface area contributed by atoms with Gasteiger partial charge in [0.15, 0.2) is 12.0 Å². The minimum Gasteiger partial charge on any atom is -0.355 e. The SMILES string of the molecule is CCC(C)c1ccc(-c2onc(C)c2C=O)cc1. The summed E-state index contributed by atoms with van der Waals surface area (Å²) in [6.45, 7) is 6.14. The van der Waals surface area contributed by atoms with Gasteiger partial charge in [0.05, 0.1) is 11.3 Å². The molecule has 1 atom stereocenters. The number of rotatable bonds is 4.